The molecule has 2 aliphatic rings. The van der Waals surface area contributed by atoms with Crippen molar-refractivity contribution in [2.45, 2.75) is 37.8 Å². The van der Waals surface area contributed by atoms with E-state index in [1.807, 2.05) is 0 Å². The zero-order valence-electron chi connectivity index (χ0n) is 16.1. The van der Waals surface area contributed by atoms with Crippen molar-refractivity contribution in [2.75, 3.05) is 31.1 Å². The van der Waals surface area contributed by atoms with E-state index >= 15 is 0 Å². The van der Waals surface area contributed by atoms with Gasteiger partial charge in [-0.25, -0.2) is 4.39 Å². The molecule has 1 atom stereocenters. The maximum Gasteiger partial charge on any atom is 0.142 e. The van der Waals surface area contributed by atoms with E-state index in [9.17, 15) is 9.18 Å². The number of ether oxygens (including phenoxy) is 1. The van der Waals surface area contributed by atoms with Gasteiger partial charge in [0.2, 0.25) is 0 Å². The van der Waals surface area contributed by atoms with Crippen LogP contribution in [0.3, 0.4) is 0 Å². The highest BCUT2D eigenvalue weighted by Gasteiger charge is 2.29. The number of hydrogen-bond donors (Lipinski definition) is 0. The lowest BCUT2D eigenvalue weighted by Gasteiger charge is -2.39. The number of piperidine rings is 1. The molecule has 0 saturated carbocycles. The van der Waals surface area contributed by atoms with Crippen LogP contribution in [0.25, 0.3) is 0 Å². The molecule has 0 bridgehead atoms. The Morgan fingerprint density at radius 1 is 1.07 bits per heavy atom. The molecular formula is C23H27FN2O2. The van der Waals surface area contributed by atoms with Gasteiger partial charge in [0.1, 0.15) is 24.0 Å². The van der Waals surface area contributed by atoms with Gasteiger partial charge in [0.25, 0.3) is 0 Å². The van der Waals surface area contributed by atoms with Crippen molar-refractivity contribution in [2.24, 2.45) is 0 Å². The highest BCUT2D eigenvalue weighted by Crippen LogP contribution is 2.28. The molecule has 2 aliphatic heterocycles. The zero-order chi connectivity index (χ0) is 19.3. The standard InChI is InChI=1S/C23H27FN2O2/c24-19-8-10-21(11-9-19)28-22-15-25(16-22)14-12-18-5-1-2-7-23(18)26-13-4-3-6-20(26)17-27/h1-2,5,7-11,17,20,22H,3-4,6,12-16H2. The fourth-order valence-electron chi connectivity index (χ4n) is 4.16. The lowest BCUT2D eigenvalue weighted by Crippen LogP contribution is -2.54. The number of halogens is 1. The Morgan fingerprint density at radius 2 is 1.86 bits per heavy atom. The first-order valence-electron chi connectivity index (χ1n) is 10.2. The number of likely N-dealkylation sites (tertiary alicyclic amines) is 1. The van der Waals surface area contributed by atoms with Gasteiger partial charge in [-0.05, 0) is 61.6 Å². The van der Waals surface area contributed by atoms with Crippen molar-refractivity contribution >= 4 is 12.0 Å². The molecule has 0 N–H and O–H groups in total. The second-order valence-electron chi connectivity index (χ2n) is 7.72. The van der Waals surface area contributed by atoms with Crippen LogP contribution in [0, 0.1) is 5.82 Å². The lowest BCUT2D eigenvalue weighted by molar-refractivity contribution is -0.109. The predicted molar refractivity (Wildman–Crippen MR) is 108 cm³/mol. The highest BCUT2D eigenvalue weighted by molar-refractivity contribution is 5.68. The summed E-state index contributed by atoms with van der Waals surface area (Å²) in [5.74, 6) is 0.480. The Hall–Kier alpha value is -2.40. The van der Waals surface area contributed by atoms with E-state index in [0.717, 1.165) is 63.9 Å². The smallest absolute Gasteiger partial charge is 0.142 e. The molecule has 0 aliphatic carbocycles. The third-order valence-corrected chi connectivity index (χ3v) is 5.74. The number of carbonyl (C=O) groups excluding carboxylic acids is 1. The largest absolute Gasteiger partial charge is 0.488 e. The van der Waals surface area contributed by atoms with Crippen molar-refractivity contribution in [3.8, 4) is 5.75 Å². The molecule has 2 aromatic carbocycles. The monoisotopic (exact) mass is 382 g/mol. The van der Waals surface area contributed by atoms with Crippen molar-refractivity contribution < 1.29 is 13.9 Å². The molecule has 2 saturated heterocycles. The molecule has 2 fully saturated rings. The van der Waals surface area contributed by atoms with E-state index in [1.54, 1.807) is 12.1 Å². The van der Waals surface area contributed by atoms with E-state index in [4.69, 9.17) is 4.74 Å². The van der Waals surface area contributed by atoms with Crippen LogP contribution < -0.4 is 9.64 Å². The first kappa shape index (κ1) is 18.9. The summed E-state index contributed by atoms with van der Waals surface area (Å²) in [4.78, 5) is 16.2. The van der Waals surface area contributed by atoms with Gasteiger partial charge in [-0.3, -0.25) is 4.90 Å². The SMILES string of the molecule is O=CC1CCCCN1c1ccccc1CCN1CC(Oc2ccc(F)cc2)C1. The van der Waals surface area contributed by atoms with E-state index in [1.165, 1.54) is 23.4 Å². The summed E-state index contributed by atoms with van der Waals surface area (Å²) in [6.45, 7) is 3.71. The summed E-state index contributed by atoms with van der Waals surface area (Å²) in [5, 5.41) is 0. The van der Waals surface area contributed by atoms with Crippen LogP contribution in [0.2, 0.25) is 0 Å². The Morgan fingerprint density at radius 3 is 2.64 bits per heavy atom. The van der Waals surface area contributed by atoms with Gasteiger partial charge in [-0.1, -0.05) is 18.2 Å². The van der Waals surface area contributed by atoms with Crippen molar-refractivity contribution in [1.82, 2.24) is 4.90 Å². The van der Waals surface area contributed by atoms with Crippen LogP contribution in [-0.4, -0.2) is 49.5 Å². The second-order valence-corrected chi connectivity index (χ2v) is 7.72. The molecule has 1 unspecified atom stereocenters. The molecule has 4 rings (SSSR count). The number of benzene rings is 2. The second kappa shape index (κ2) is 8.74. The van der Waals surface area contributed by atoms with Gasteiger partial charge >= 0.3 is 0 Å². The average Bonchev–Trinajstić information content (AvgIpc) is 2.71. The lowest BCUT2D eigenvalue weighted by atomic mass is 9.99. The van der Waals surface area contributed by atoms with E-state index in [0.29, 0.717) is 0 Å². The van der Waals surface area contributed by atoms with Crippen LogP contribution in [0.5, 0.6) is 5.75 Å². The summed E-state index contributed by atoms with van der Waals surface area (Å²) in [6, 6.07) is 14.7. The summed E-state index contributed by atoms with van der Waals surface area (Å²) in [5.41, 5.74) is 2.51. The molecule has 0 amide bonds. The first-order chi connectivity index (χ1) is 13.7. The molecule has 0 spiro atoms. The number of anilines is 1. The summed E-state index contributed by atoms with van der Waals surface area (Å²) < 4.78 is 18.9. The third kappa shape index (κ3) is 4.36. The molecule has 2 heterocycles. The van der Waals surface area contributed by atoms with Gasteiger partial charge in [-0.15, -0.1) is 0 Å². The Balaban J connectivity index is 1.30. The van der Waals surface area contributed by atoms with Crippen LogP contribution in [-0.2, 0) is 11.2 Å². The number of carbonyl (C=O) groups is 1. The quantitative estimate of drug-likeness (QED) is 0.684. The molecule has 28 heavy (non-hydrogen) atoms. The van der Waals surface area contributed by atoms with Gasteiger partial charge in [0.05, 0.1) is 6.04 Å². The van der Waals surface area contributed by atoms with Gasteiger partial charge in [-0.2, -0.15) is 0 Å². The Kier molecular flexibility index (Phi) is 5.91. The third-order valence-electron chi connectivity index (χ3n) is 5.74. The number of nitrogens with zero attached hydrogens (tertiary/aromatic N) is 2. The van der Waals surface area contributed by atoms with Crippen LogP contribution >= 0.6 is 0 Å². The number of para-hydroxylation sites is 1. The number of hydrogen-bond acceptors (Lipinski definition) is 4. The molecule has 0 aromatic heterocycles. The predicted octanol–water partition coefficient (Wildman–Crippen LogP) is 3.69. The summed E-state index contributed by atoms with van der Waals surface area (Å²) >= 11 is 0. The van der Waals surface area contributed by atoms with E-state index in [2.05, 4.69) is 34.1 Å². The minimum absolute atomic E-state index is 0.00685. The van der Waals surface area contributed by atoms with Gasteiger partial charge in [0.15, 0.2) is 0 Å². The van der Waals surface area contributed by atoms with E-state index < -0.39 is 0 Å². The fraction of sp³-hybridized carbons (Fsp3) is 0.435. The minimum Gasteiger partial charge on any atom is -0.488 e. The topological polar surface area (TPSA) is 32.8 Å². The molecule has 148 valence electrons. The van der Waals surface area contributed by atoms with Crippen LogP contribution in [0.1, 0.15) is 24.8 Å². The van der Waals surface area contributed by atoms with E-state index in [-0.39, 0.29) is 18.0 Å². The zero-order valence-corrected chi connectivity index (χ0v) is 16.1. The first-order valence-corrected chi connectivity index (χ1v) is 10.2. The number of rotatable bonds is 7. The minimum atomic E-state index is -0.244. The molecule has 0 radical (unpaired) electrons. The van der Waals surface area contributed by atoms with Crippen LogP contribution in [0.15, 0.2) is 48.5 Å². The maximum atomic E-state index is 13.0. The Labute approximate surface area is 165 Å². The maximum absolute atomic E-state index is 13.0. The van der Waals surface area contributed by atoms with Crippen molar-refractivity contribution in [3.63, 3.8) is 0 Å². The molecular weight excluding hydrogens is 355 g/mol. The molecule has 4 nitrogen and oxygen atoms in total. The molecule has 5 heteroatoms. The van der Waals surface area contributed by atoms with Crippen LogP contribution in [0.4, 0.5) is 10.1 Å². The summed E-state index contributed by atoms with van der Waals surface area (Å²) in [6.07, 6.45) is 5.46. The highest BCUT2D eigenvalue weighted by atomic mass is 19.1. The van der Waals surface area contributed by atoms with Gasteiger partial charge in [0, 0.05) is 31.9 Å². The summed E-state index contributed by atoms with van der Waals surface area (Å²) in [7, 11) is 0. The average molecular weight is 382 g/mol. The normalized spacial score (nSPS) is 20.6. The fourth-order valence-corrected chi connectivity index (χ4v) is 4.16. The van der Waals surface area contributed by atoms with Crippen molar-refractivity contribution in [1.29, 1.82) is 0 Å². The van der Waals surface area contributed by atoms with Crippen molar-refractivity contribution in [3.05, 3.63) is 59.9 Å². The number of aldehydes is 1. The Bertz CT molecular complexity index is 789. The molecule has 2 aromatic rings. The van der Waals surface area contributed by atoms with Gasteiger partial charge < -0.3 is 14.4 Å².